The lowest BCUT2D eigenvalue weighted by Gasteiger charge is -2.52. The Bertz CT molecular complexity index is 184. The molecule has 0 radical (unpaired) electrons. The minimum atomic E-state index is 0.974. The van der Waals surface area contributed by atoms with E-state index in [1.165, 1.54) is 19.3 Å². The number of fused-ring (bicyclic) bond motifs is 1. The Hall–Kier alpha value is 0. The van der Waals surface area contributed by atoms with E-state index in [1.54, 1.807) is 0 Å². The molecule has 0 spiro atoms. The number of hydrogen-bond acceptors (Lipinski definition) is 0. The third-order valence-electron chi connectivity index (χ3n) is 5.12. The Kier molecular flexibility index (Phi) is 2.42. The third-order valence-corrected chi connectivity index (χ3v) is 5.12. The first kappa shape index (κ1) is 9.55. The van der Waals surface area contributed by atoms with E-state index in [1.807, 2.05) is 0 Å². The van der Waals surface area contributed by atoms with Crippen molar-refractivity contribution in [3.05, 3.63) is 0 Å². The standard InChI is InChI=1S/C13H24/c1-5-8(2)12-10(4)13-9(3)6-7-11(12)13/h8-13H,5-7H2,1-4H3. The van der Waals surface area contributed by atoms with Crippen LogP contribution >= 0.6 is 0 Å². The lowest BCUT2D eigenvalue weighted by molar-refractivity contribution is -0.0406. The van der Waals surface area contributed by atoms with Crippen molar-refractivity contribution in [2.45, 2.75) is 47.0 Å². The Morgan fingerprint density at radius 3 is 2.54 bits per heavy atom. The average molecular weight is 180 g/mol. The minimum absolute atomic E-state index is 0.974. The predicted molar refractivity (Wildman–Crippen MR) is 57.5 cm³/mol. The van der Waals surface area contributed by atoms with Crippen LogP contribution in [0, 0.1) is 35.5 Å². The van der Waals surface area contributed by atoms with Gasteiger partial charge in [0.25, 0.3) is 0 Å². The molecule has 0 nitrogen and oxygen atoms in total. The summed E-state index contributed by atoms with van der Waals surface area (Å²) >= 11 is 0. The molecule has 0 heteroatoms. The van der Waals surface area contributed by atoms with E-state index in [0.717, 1.165) is 35.5 Å². The highest BCUT2D eigenvalue weighted by atomic mass is 14.6. The van der Waals surface area contributed by atoms with Crippen molar-refractivity contribution < 1.29 is 0 Å². The summed E-state index contributed by atoms with van der Waals surface area (Å²) in [5, 5.41) is 0. The summed E-state index contributed by atoms with van der Waals surface area (Å²) < 4.78 is 0. The van der Waals surface area contributed by atoms with Crippen molar-refractivity contribution in [2.24, 2.45) is 35.5 Å². The zero-order chi connectivity index (χ0) is 9.59. The molecule has 0 amide bonds. The maximum atomic E-state index is 2.50. The Morgan fingerprint density at radius 2 is 1.92 bits per heavy atom. The van der Waals surface area contributed by atoms with E-state index >= 15 is 0 Å². The summed E-state index contributed by atoms with van der Waals surface area (Å²) in [6, 6.07) is 0. The summed E-state index contributed by atoms with van der Waals surface area (Å²) in [5.41, 5.74) is 0. The molecule has 2 aliphatic rings. The summed E-state index contributed by atoms with van der Waals surface area (Å²) in [5.74, 6) is 6.30. The van der Waals surface area contributed by atoms with Crippen LogP contribution in [-0.2, 0) is 0 Å². The first-order valence-corrected chi connectivity index (χ1v) is 6.16. The van der Waals surface area contributed by atoms with E-state index in [2.05, 4.69) is 27.7 Å². The molecule has 0 aliphatic heterocycles. The lowest BCUT2D eigenvalue weighted by atomic mass is 9.53. The Morgan fingerprint density at radius 1 is 1.23 bits per heavy atom. The highest BCUT2D eigenvalue weighted by Gasteiger charge is 2.53. The average Bonchev–Trinajstić information content (AvgIpc) is 2.42. The largest absolute Gasteiger partial charge is 0.0651 e. The van der Waals surface area contributed by atoms with Crippen LogP contribution in [0.3, 0.4) is 0 Å². The molecule has 2 saturated carbocycles. The van der Waals surface area contributed by atoms with Gasteiger partial charge in [-0.15, -0.1) is 0 Å². The quantitative estimate of drug-likeness (QED) is 0.603. The van der Waals surface area contributed by atoms with Crippen molar-refractivity contribution >= 4 is 0 Å². The van der Waals surface area contributed by atoms with Gasteiger partial charge < -0.3 is 0 Å². The normalized spacial score (nSPS) is 51.2. The van der Waals surface area contributed by atoms with Crippen molar-refractivity contribution in [1.82, 2.24) is 0 Å². The van der Waals surface area contributed by atoms with E-state index in [0.29, 0.717) is 0 Å². The van der Waals surface area contributed by atoms with Gasteiger partial charge in [-0.25, -0.2) is 0 Å². The molecule has 13 heavy (non-hydrogen) atoms. The van der Waals surface area contributed by atoms with Crippen LogP contribution in [0.15, 0.2) is 0 Å². The molecule has 6 atom stereocenters. The molecular weight excluding hydrogens is 156 g/mol. The van der Waals surface area contributed by atoms with Gasteiger partial charge in [0.05, 0.1) is 0 Å². The van der Waals surface area contributed by atoms with Crippen molar-refractivity contribution in [2.75, 3.05) is 0 Å². The fraction of sp³-hybridized carbons (Fsp3) is 1.00. The van der Waals surface area contributed by atoms with Crippen molar-refractivity contribution in [3.63, 3.8) is 0 Å². The van der Waals surface area contributed by atoms with Crippen LogP contribution in [0.5, 0.6) is 0 Å². The molecule has 2 aliphatic carbocycles. The second-order valence-corrected chi connectivity index (χ2v) is 5.62. The fourth-order valence-electron chi connectivity index (χ4n) is 4.33. The van der Waals surface area contributed by atoms with Crippen LogP contribution < -0.4 is 0 Å². The summed E-state index contributed by atoms with van der Waals surface area (Å²) in [7, 11) is 0. The zero-order valence-electron chi connectivity index (χ0n) is 9.59. The van der Waals surface area contributed by atoms with E-state index in [9.17, 15) is 0 Å². The first-order chi connectivity index (χ1) is 6.16. The van der Waals surface area contributed by atoms with E-state index in [-0.39, 0.29) is 0 Å². The Labute approximate surface area is 83.1 Å². The Balaban J connectivity index is 2.03. The molecule has 76 valence electrons. The smallest absolute Gasteiger partial charge is 0.0329 e. The monoisotopic (exact) mass is 180 g/mol. The minimum Gasteiger partial charge on any atom is -0.0651 e. The molecule has 6 unspecified atom stereocenters. The molecule has 0 aromatic rings. The van der Waals surface area contributed by atoms with Crippen molar-refractivity contribution in [3.8, 4) is 0 Å². The second kappa shape index (κ2) is 3.29. The third kappa shape index (κ3) is 1.25. The fourth-order valence-corrected chi connectivity index (χ4v) is 4.33. The molecule has 0 saturated heterocycles. The van der Waals surface area contributed by atoms with E-state index in [4.69, 9.17) is 0 Å². The SMILES string of the molecule is CCC(C)C1C(C)C2C(C)CCC12. The molecule has 0 aromatic carbocycles. The van der Waals surface area contributed by atoms with Crippen LogP contribution in [0.25, 0.3) is 0 Å². The first-order valence-electron chi connectivity index (χ1n) is 6.16. The summed E-state index contributed by atoms with van der Waals surface area (Å²) in [6.45, 7) is 9.78. The van der Waals surface area contributed by atoms with Gasteiger partial charge in [-0.3, -0.25) is 0 Å². The van der Waals surface area contributed by atoms with Crippen LogP contribution in [-0.4, -0.2) is 0 Å². The summed E-state index contributed by atoms with van der Waals surface area (Å²) in [6.07, 6.45) is 4.42. The molecule has 2 fully saturated rings. The van der Waals surface area contributed by atoms with Gasteiger partial charge in [0, 0.05) is 0 Å². The zero-order valence-corrected chi connectivity index (χ0v) is 9.59. The molecule has 0 heterocycles. The highest BCUT2D eigenvalue weighted by molar-refractivity contribution is 5.02. The predicted octanol–water partition coefficient (Wildman–Crippen LogP) is 3.96. The van der Waals surface area contributed by atoms with Gasteiger partial charge in [-0.05, 0) is 41.9 Å². The van der Waals surface area contributed by atoms with Gasteiger partial charge >= 0.3 is 0 Å². The lowest BCUT2D eigenvalue weighted by Crippen LogP contribution is -2.47. The maximum absolute atomic E-state index is 2.50. The summed E-state index contributed by atoms with van der Waals surface area (Å²) in [4.78, 5) is 0. The van der Waals surface area contributed by atoms with Crippen LogP contribution in [0.2, 0.25) is 0 Å². The molecular formula is C13H24. The topological polar surface area (TPSA) is 0 Å². The van der Waals surface area contributed by atoms with Gasteiger partial charge in [-0.1, -0.05) is 40.5 Å². The molecule has 0 N–H and O–H groups in total. The number of hydrogen-bond donors (Lipinski definition) is 0. The van der Waals surface area contributed by atoms with Crippen LogP contribution in [0.1, 0.15) is 47.0 Å². The number of rotatable bonds is 2. The molecule has 0 bridgehead atoms. The van der Waals surface area contributed by atoms with E-state index < -0.39 is 0 Å². The van der Waals surface area contributed by atoms with Crippen molar-refractivity contribution in [1.29, 1.82) is 0 Å². The molecule has 2 rings (SSSR count). The van der Waals surface area contributed by atoms with Gasteiger partial charge in [-0.2, -0.15) is 0 Å². The molecule has 0 aromatic heterocycles. The van der Waals surface area contributed by atoms with Gasteiger partial charge in [0.1, 0.15) is 0 Å². The van der Waals surface area contributed by atoms with Crippen LogP contribution in [0.4, 0.5) is 0 Å². The second-order valence-electron chi connectivity index (χ2n) is 5.62. The van der Waals surface area contributed by atoms with Gasteiger partial charge in [0.15, 0.2) is 0 Å². The van der Waals surface area contributed by atoms with Gasteiger partial charge in [0.2, 0.25) is 0 Å². The highest BCUT2D eigenvalue weighted by Crippen LogP contribution is 2.60. The maximum Gasteiger partial charge on any atom is -0.0329 e.